The fraction of sp³-hybridized carbons (Fsp3) is 0.353. The predicted octanol–water partition coefficient (Wildman–Crippen LogP) is 3.06. The van der Waals surface area contributed by atoms with E-state index in [0.29, 0.717) is 6.04 Å². The van der Waals surface area contributed by atoms with E-state index in [-0.39, 0.29) is 0 Å². The van der Waals surface area contributed by atoms with Crippen LogP contribution in [0.3, 0.4) is 0 Å². The monoisotopic (exact) mass is 267 g/mol. The van der Waals surface area contributed by atoms with Crippen LogP contribution in [0, 0.1) is 0 Å². The van der Waals surface area contributed by atoms with E-state index in [2.05, 4.69) is 63.1 Å². The van der Waals surface area contributed by atoms with Crippen molar-refractivity contribution >= 4 is 6.08 Å². The van der Waals surface area contributed by atoms with Gasteiger partial charge in [-0.2, -0.15) is 0 Å². The standard InChI is InChI=1S/C17H21N3/c1-2-6-16(7-3-1)8-4-11-20-12-5-9-17(20)14-19-13-10-18-15-19/h1-4,6-8,10,13,15,17H,5,9,11-12,14H2/b8-4+. The molecule has 1 aliphatic rings. The Bertz CT molecular complexity index is 531. The molecule has 1 unspecified atom stereocenters. The van der Waals surface area contributed by atoms with Gasteiger partial charge in [-0.3, -0.25) is 4.90 Å². The number of aromatic nitrogens is 2. The van der Waals surface area contributed by atoms with Crippen molar-refractivity contribution in [3.63, 3.8) is 0 Å². The second-order valence-corrected chi connectivity index (χ2v) is 5.36. The van der Waals surface area contributed by atoms with Crippen molar-refractivity contribution in [2.24, 2.45) is 0 Å². The van der Waals surface area contributed by atoms with E-state index in [9.17, 15) is 0 Å². The zero-order chi connectivity index (χ0) is 13.6. The molecule has 20 heavy (non-hydrogen) atoms. The minimum Gasteiger partial charge on any atom is -0.336 e. The Morgan fingerprint density at radius 3 is 2.95 bits per heavy atom. The summed E-state index contributed by atoms with van der Waals surface area (Å²) in [5, 5.41) is 0. The summed E-state index contributed by atoms with van der Waals surface area (Å²) in [6.07, 6.45) is 12.9. The minimum absolute atomic E-state index is 0.643. The number of hydrogen-bond acceptors (Lipinski definition) is 2. The van der Waals surface area contributed by atoms with Crippen LogP contribution in [-0.4, -0.2) is 33.6 Å². The summed E-state index contributed by atoms with van der Waals surface area (Å²) in [5.74, 6) is 0. The normalized spacial score (nSPS) is 19.9. The number of imidazole rings is 1. The zero-order valence-electron chi connectivity index (χ0n) is 11.7. The van der Waals surface area contributed by atoms with Gasteiger partial charge in [0.15, 0.2) is 0 Å². The SMILES string of the molecule is C(=C\c1ccccc1)/CN1CCCC1Cn1ccnc1. The summed E-state index contributed by atoms with van der Waals surface area (Å²) in [6.45, 7) is 3.30. The quantitative estimate of drug-likeness (QED) is 0.830. The molecule has 2 heterocycles. The van der Waals surface area contributed by atoms with Gasteiger partial charge < -0.3 is 4.57 Å². The van der Waals surface area contributed by atoms with Crippen molar-refractivity contribution in [3.8, 4) is 0 Å². The lowest BCUT2D eigenvalue weighted by Crippen LogP contribution is -2.32. The van der Waals surface area contributed by atoms with E-state index in [1.807, 2.05) is 12.5 Å². The molecule has 1 aromatic heterocycles. The Labute approximate surface area is 120 Å². The van der Waals surface area contributed by atoms with Gasteiger partial charge in [-0.25, -0.2) is 4.98 Å². The molecule has 1 saturated heterocycles. The van der Waals surface area contributed by atoms with Crippen LogP contribution >= 0.6 is 0 Å². The lowest BCUT2D eigenvalue weighted by atomic mass is 10.2. The van der Waals surface area contributed by atoms with Gasteiger partial charge >= 0.3 is 0 Å². The molecule has 0 spiro atoms. The first-order valence-corrected chi connectivity index (χ1v) is 7.33. The predicted molar refractivity (Wildman–Crippen MR) is 82.3 cm³/mol. The van der Waals surface area contributed by atoms with Crippen LogP contribution < -0.4 is 0 Å². The van der Waals surface area contributed by atoms with Crippen LogP contribution in [0.1, 0.15) is 18.4 Å². The van der Waals surface area contributed by atoms with Crippen molar-refractivity contribution in [2.45, 2.75) is 25.4 Å². The van der Waals surface area contributed by atoms with Gasteiger partial charge in [0.05, 0.1) is 6.33 Å². The third-order valence-electron chi connectivity index (χ3n) is 3.93. The largest absolute Gasteiger partial charge is 0.336 e. The Morgan fingerprint density at radius 1 is 1.25 bits per heavy atom. The molecule has 3 heteroatoms. The minimum atomic E-state index is 0.643. The van der Waals surface area contributed by atoms with E-state index >= 15 is 0 Å². The highest BCUT2D eigenvalue weighted by molar-refractivity contribution is 5.48. The van der Waals surface area contributed by atoms with Crippen molar-refractivity contribution in [1.82, 2.24) is 14.5 Å². The lowest BCUT2D eigenvalue weighted by Gasteiger charge is -2.23. The highest BCUT2D eigenvalue weighted by Gasteiger charge is 2.23. The van der Waals surface area contributed by atoms with Crippen LogP contribution in [0.5, 0.6) is 0 Å². The maximum absolute atomic E-state index is 4.12. The maximum Gasteiger partial charge on any atom is 0.0946 e. The molecule has 3 nitrogen and oxygen atoms in total. The molecular weight excluding hydrogens is 246 g/mol. The summed E-state index contributed by atoms with van der Waals surface area (Å²) < 4.78 is 2.18. The molecule has 1 aromatic carbocycles. The molecule has 0 amide bonds. The summed E-state index contributed by atoms with van der Waals surface area (Å²) >= 11 is 0. The highest BCUT2D eigenvalue weighted by atomic mass is 15.2. The van der Waals surface area contributed by atoms with Gasteiger partial charge in [-0.05, 0) is 24.9 Å². The molecule has 0 saturated carbocycles. The molecule has 0 N–H and O–H groups in total. The number of rotatable bonds is 5. The van der Waals surface area contributed by atoms with Crippen molar-refractivity contribution in [2.75, 3.05) is 13.1 Å². The van der Waals surface area contributed by atoms with E-state index in [1.54, 1.807) is 0 Å². The summed E-state index contributed by atoms with van der Waals surface area (Å²) in [5.41, 5.74) is 1.28. The van der Waals surface area contributed by atoms with Crippen molar-refractivity contribution in [3.05, 3.63) is 60.7 Å². The van der Waals surface area contributed by atoms with E-state index in [0.717, 1.165) is 13.1 Å². The molecule has 0 radical (unpaired) electrons. The van der Waals surface area contributed by atoms with Gasteiger partial charge in [-0.1, -0.05) is 42.5 Å². The Balaban J connectivity index is 1.55. The average molecular weight is 267 g/mol. The molecule has 3 rings (SSSR count). The number of benzene rings is 1. The van der Waals surface area contributed by atoms with Gasteiger partial charge in [-0.15, -0.1) is 0 Å². The van der Waals surface area contributed by atoms with Gasteiger partial charge in [0, 0.05) is 31.5 Å². The highest BCUT2D eigenvalue weighted by Crippen LogP contribution is 2.18. The molecule has 0 bridgehead atoms. The van der Waals surface area contributed by atoms with Crippen LogP contribution in [0.4, 0.5) is 0 Å². The van der Waals surface area contributed by atoms with Crippen LogP contribution in [0.2, 0.25) is 0 Å². The maximum atomic E-state index is 4.12. The Hall–Kier alpha value is -1.87. The molecule has 1 aliphatic heterocycles. The number of hydrogen-bond donors (Lipinski definition) is 0. The Morgan fingerprint density at radius 2 is 2.15 bits per heavy atom. The van der Waals surface area contributed by atoms with Crippen molar-refractivity contribution in [1.29, 1.82) is 0 Å². The molecule has 1 fully saturated rings. The van der Waals surface area contributed by atoms with Crippen LogP contribution in [0.15, 0.2) is 55.1 Å². The second-order valence-electron chi connectivity index (χ2n) is 5.36. The molecule has 104 valence electrons. The molecule has 0 aliphatic carbocycles. The van der Waals surface area contributed by atoms with Crippen molar-refractivity contribution < 1.29 is 0 Å². The van der Waals surface area contributed by atoms with Crippen LogP contribution in [0.25, 0.3) is 6.08 Å². The summed E-state index contributed by atoms with van der Waals surface area (Å²) in [6, 6.07) is 11.1. The van der Waals surface area contributed by atoms with Gasteiger partial charge in [0.1, 0.15) is 0 Å². The second kappa shape index (κ2) is 6.53. The first-order chi connectivity index (χ1) is 9.92. The van der Waals surface area contributed by atoms with E-state index in [4.69, 9.17) is 0 Å². The smallest absolute Gasteiger partial charge is 0.0946 e. The zero-order valence-corrected chi connectivity index (χ0v) is 11.7. The first kappa shape index (κ1) is 13.1. The van der Waals surface area contributed by atoms with Crippen LogP contribution in [-0.2, 0) is 6.54 Å². The van der Waals surface area contributed by atoms with E-state index < -0.39 is 0 Å². The van der Waals surface area contributed by atoms with Gasteiger partial charge in [0.2, 0.25) is 0 Å². The first-order valence-electron chi connectivity index (χ1n) is 7.33. The third kappa shape index (κ3) is 3.36. The number of likely N-dealkylation sites (tertiary alicyclic amines) is 1. The number of nitrogens with zero attached hydrogens (tertiary/aromatic N) is 3. The summed E-state index contributed by atoms with van der Waals surface area (Å²) in [4.78, 5) is 6.69. The summed E-state index contributed by atoms with van der Waals surface area (Å²) in [7, 11) is 0. The lowest BCUT2D eigenvalue weighted by molar-refractivity contribution is 0.256. The van der Waals surface area contributed by atoms with Gasteiger partial charge in [0.25, 0.3) is 0 Å². The molecule has 1 atom stereocenters. The average Bonchev–Trinajstić information content (AvgIpc) is 3.13. The fourth-order valence-electron chi connectivity index (χ4n) is 2.87. The molecular formula is C17H21N3. The third-order valence-corrected chi connectivity index (χ3v) is 3.93. The Kier molecular flexibility index (Phi) is 4.28. The molecule has 2 aromatic rings. The topological polar surface area (TPSA) is 21.1 Å². The van der Waals surface area contributed by atoms with E-state index in [1.165, 1.54) is 24.9 Å². The fourth-order valence-corrected chi connectivity index (χ4v) is 2.87.